The standard InChI is InChI=1S/Mg.Ni.H3O4P.2H/c;;1-5(2,3)4;;/h;;(H3,1,2,3,4);;. The van der Waals surface area contributed by atoms with Gasteiger partial charge in [-0.05, 0) is 0 Å². The molecule has 0 spiro atoms. The zero-order valence-corrected chi connectivity index (χ0v) is 4.40. The molecule has 0 amide bonds. The number of phosphoric acid groups is 1. The molecule has 0 rings (SSSR count). The van der Waals surface area contributed by atoms with E-state index in [1.807, 2.05) is 0 Å². The second-order valence-corrected chi connectivity index (χ2v) is 1.54. The Kier molecular flexibility index (Phi) is 12.4. The van der Waals surface area contributed by atoms with E-state index in [1.165, 1.54) is 0 Å². The van der Waals surface area contributed by atoms with E-state index < -0.39 is 7.82 Å². The summed E-state index contributed by atoms with van der Waals surface area (Å²) >= 11 is 0. The molecule has 0 radical (unpaired) electrons. The van der Waals surface area contributed by atoms with Crippen molar-refractivity contribution in [3.63, 3.8) is 0 Å². The van der Waals surface area contributed by atoms with Gasteiger partial charge in [0, 0.05) is 16.5 Å². The maximum absolute atomic E-state index is 8.88. The fourth-order valence-electron chi connectivity index (χ4n) is 0. The molecule has 46 valence electrons. The Morgan fingerprint density at radius 1 is 1.14 bits per heavy atom. The van der Waals surface area contributed by atoms with Gasteiger partial charge in [0.25, 0.3) is 0 Å². The predicted molar refractivity (Wildman–Crippen MR) is 22.8 cm³/mol. The minimum absolute atomic E-state index is 0. The molecule has 0 aliphatic heterocycles. The van der Waals surface area contributed by atoms with Crippen LogP contribution in [-0.2, 0) is 21.1 Å². The molecule has 0 atom stereocenters. The molecule has 4 nitrogen and oxygen atoms in total. The van der Waals surface area contributed by atoms with Gasteiger partial charge in [0.15, 0.2) is 0 Å². The molecule has 0 saturated carbocycles. The largest absolute Gasteiger partial charge is 0.466 e. The zero-order chi connectivity index (χ0) is 4.50. The van der Waals surface area contributed by atoms with Crippen molar-refractivity contribution in [1.82, 2.24) is 0 Å². The molecule has 3 N–H and O–H groups in total. The summed E-state index contributed by atoms with van der Waals surface area (Å²) in [6.07, 6.45) is 0. The summed E-state index contributed by atoms with van der Waals surface area (Å²) in [6, 6.07) is 0. The van der Waals surface area contributed by atoms with Crippen LogP contribution in [0, 0.1) is 0 Å². The van der Waals surface area contributed by atoms with Crippen LogP contribution < -0.4 is 0 Å². The Hall–Kier alpha value is 1.37. The molecule has 0 bridgehead atoms. The monoisotopic (exact) mass is 182 g/mol. The van der Waals surface area contributed by atoms with Gasteiger partial charge < -0.3 is 14.7 Å². The van der Waals surface area contributed by atoms with E-state index in [1.54, 1.807) is 0 Å². The van der Waals surface area contributed by atoms with Crippen LogP contribution in [0.4, 0.5) is 0 Å². The van der Waals surface area contributed by atoms with Crippen LogP contribution in [0.1, 0.15) is 0 Å². The Labute approximate surface area is 66.6 Å². The summed E-state index contributed by atoms with van der Waals surface area (Å²) in [5.74, 6) is 0. The first kappa shape index (κ1) is 15.8. The summed E-state index contributed by atoms with van der Waals surface area (Å²) in [5.41, 5.74) is 0. The van der Waals surface area contributed by atoms with Crippen LogP contribution in [0.25, 0.3) is 0 Å². The average molecular weight is 183 g/mol. The van der Waals surface area contributed by atoms with E-state index in [0.29, 0.717) is 0 Å². The van der Waals surface area contributed by atoms with Crippen LogP contribution in [0.15, 0.2) is 0 Å². The fourth-order valence-corrected chi connectivity index (χ4v) is 0. The van der Waals surface area contributed by atoms with Gasteiger partial charge in [0.2, 0.25) is 0 Å². The zero-order valence-electron chi connectivity index (χ0n) is 2.51. The van der Waals surface area contributed by atoms with E-state index in [0.717, 1.165) is 0 Å². The van der Waals surface area contributed by atoms with Crippen LogP contribution in [0.2, 0.25) is 0 Å². The molecule has 0 heterocycles. The van der Waals surface area contributed by atoms with Crippen LogP contribution in [0.5, 0.6) is 0 Å². The van der Waals surface area contributed by atoms with E-state index >= 15 is 0 Å². The van der Waals surface area contributed by atoms with Crippen molar-refractivity contribution < 1.29 is 35.7 Å². The van der Waals surface area contributed by atoms with Crippen LogP contribution >= 0.6 is 7.82 Å². The van der Waals surface area contributed by atoms with Crippen LogP contribution in [0.3, 0.4) is 0 Å². The Bertz CT molecular complexity index is 57.8. The molecule has 0 aliphatic carbocycles. The topological polar surface area (TPSA) is 77.8 Å². The summed E-state index contributed by atoms with van der Waals surface area (Å²) < 4.78 is 8.88. The molecule has 0 aromatic carbocycles. The van der Waals surface area contributed by atoms with Gasteiger partial charge in [-0.1, -0.05) is 0 Å². The third-order valence-corrected chi connectivity index (χ3v) is 0. The normalized spacial score (nSPS) is 8.43. The van der Waals surface area contributed by atoms with Crippen molar-refractivity contribution >= 4 is 30.9 Å². The van der Waals surface area contributed by atoms with Crippen molar-refractivity contribution in [2.75, 3.05) is 0 Å². The first-order valence-electron chi connectivity index (χ1n) is 0.783. The second-order valence-electron chi connectivity index (χ2n) is 0.513. The third-order valence-electron chi connectivity index (χ3n) is 0. The third kappa shape index (κ3) is 113. The SMILES string of the molecule is O=P(O)(O)O.[MgH2].[Ni]. The molecule has 0 aliphatic rings. The molecule has 0 aromatic rings. The van der Waals surface area contributed by atoms with Gasteiger partial charge in [0.1, 0.15) is 0 Å². The maximum atomic E-state index is 8.88. The predicted octanol–water partition coefficient (Wildman–Crippen LogP) is -1.85. The smallest absolute Gasteiger partial charge is 0.303 e. The van der Waals surface area contributed by atoms with Crippen molar-refractivity contribution in [1.29, 1.82) is 0 Å². The summed E-state index contributed by atoms with van der Waals surface area (Å²) in [4.78, 5) is 21.6. The molecule has 0 aromatic heterocycles. The van der Waals surface area contributed by atoms with Crippen LogP contribution in [-0.4, -0.2) is 37.7 Å². The van der Waals surface area contributed by atoms with E-state index in [9.17, 15) is 0 Å². The van der Waals surface area contributed by atoms with Crippen molar-refractivity contribution in [3.8, 4) is 0 Å². The van der Waals surface area contributed by atoms with Crippen molar-refractivity contribution in [3.05, 3.63) is 0 Å². The van der Waals surface area contributed by atoms with Crippen molar-refractivity contribution in [2.45, 2.75) is 0 Å². The minimum atomic E-state index is -4.64. The molecule has 0 unspecified atom stereocenters. The van der Waals surface area contributed by atoms with E-state index in [-0.39, 0.29) is 39.5 Å². The molecule has 7 heteroatoms. The van der Waals surface area contributed by atoms with E-state index in [2.05, 4.69) is 0 Å². The van der Waals surface area contributed by atoms with Gasteiger partial charge >= 0.3 is 30.9 Å². The molecular formula is H5MgNiO4P. The number of hydrogen-bond donors (Lipinski definition) is 3. The molecule has 0 saturated heterocycles. The Morgan fingerprint density at radius 2 is 1.14 bits per heavy atom. The van der Waals surface area contributed by atoms with Gasteiger partial charge in [-0.25, -0.2) is 4.57 Å². The number of rotatable bonds is 0. The minimum Gasteiger partial charge on any atom is -0.303 e. The molecule has 7 heavy (non-hydrogen) atoms. The summed E-state index contributed by atoms with van der Waals surface area (Å²) in [7, 11) is -4.64. The maximum Gasteiger partial charge on any atom is 0.466 e. The summed E-state index contributed by atoms with van der Waals surface area (Å²) in [5, 5.41) is 0. The molecule has 0 fully saturated rings. The molecular weight excluding hydrogens is 178 g/mol. The Balaban J connectivity index is -0.0000000800. The van der Waals surface area contributed by atoms with Gasteiger partial charge in [-0.2, -0.15) is 0 Å². The first-order chi connectivity index (χ1) is 2.00. The van der Waals surface area contributed by atoms with Gasteiger partial charge in [-0.3, -0.25) is 0 Å². The Morgan fingerprint density at radius 3 is 1.14 bits per heavy atom. The number of hydrogen-bond acceptors (Lipinski definition) is 1. The second kappa shape index (κ2) is 5.51. The summed E-state index contributed by atoms with van der Waals surface area (Å²) in [6.45, 7) is 0. The van der Waals surface area contributed by atoms with E-state index in [4.69, 9.17) is 19.2 Å². The fraction of sp³-hybridized carbons (Fsp3) is 0. The quantitative estimate of drug-likeness (QED) is 0.304. The first-order valence-corrected chi connectivity index (χ1v) is 2.35. The van der Waals surface area contributed by atoms with Crippen molar-refractivity contribution in [2.24, 2.45) is 0 Å². The van der Waals surface area contributed by atoms with Gasteiger partial charge in [-0.15, -0.1) is 0 Å². The van der Waals surface area contributed by atoms with Gasteiger partial charge in [0.05, 0.1) is 0 Å². The average Bonchev–Trinajstić information content (AvgIpc) is 0.722.